The van der Waals surface area contributed by atoms with Gasteiger partial charge in [-0.05, 0) is 71.0 Å². The van der Waals surface area contributed by atoms with Gasteiger partial charge in [0.1, 0.15) is 6.79 Å². The number of rotatable bonds is 14. The minimum absolute atomic E-state index is 0.101. The Labute approximate surface area is 201 Å². The van der Waals surface area contributed by atoms with Gasteiger partial charge in [0, 0.05) is 13.7 Å². The Kier molecular flexibility index (Phi) is 44.7. The van der Waals surface area contributed by atoms with E-state index in [2.05, 4.69) is 25.8 Å². The Morgan fingerprint density at radius 1 is 0.906 bits per heavy atom. The zero-order chi connectivity index (χ0) is 26.5. The number of aliphatic hydroxyl groups is 1. The van der Waals surface area contributed by atoms with Crippen molar-refractivity contribution in [1.82, 2.24) is 4.90 Å². The summed E-state index contributed by atoms with van der Waals surface area (Å²) < 4.78 is 10.4. The van der Waals surface area contributed by atoms with Crippen molar-refractivity contribution in [2.45, 2.75) is 101 Å². The monoisotopic (exact) mass is 465 g/mol. The number of hydrogen-bond donors (Lipinski definition) is 1. The van der Waals surface area contributed by atoms with E-state index in [1.807, 2.05) is 55.3 Å². The van der Waals surface area contributed by atoms with Gasteiger partial charge in [-0.15, -0.1) is 0 Å². The highest BCUT2D eigenvalue weighted by molar-refractivity contribution is 5.72. The number of methoxy groups -OCH3 is 2. The van der Waals surface area contributed by atoms with Gasteiger partial charge in [-0.3, -0.25) is 4.79 Å². The Balaban J connectivity index is -0.000000271. The molecular formula is C26H59NO5. The van der Waals surface area contributed by atoms with Gasteiger partial charge in [0.05, 0.1) is 19.1 Å². The zero-order valence-corrected chi connectivity index (χ0v) is 23.7. The van der Waals surface area contributed by atoms with E-state index in [0.29, 0.717) is 18.4 Å². The molecule has 0 aliphatic carbocycles. The second-order valence-corrected chi connectivity index (χ2v) is 7.21. The molecule has 0 saturated carbocycles. The third kappa shape index (κ3) is 25.3. The molecule has 32 heavy (non-hydrogen) atoms. The van der Waals surface area contributed by atoms with Crippen LogP contribution in [0.3, 0.4) is 0 Å². The molecule has 0 rings (SSSR count). The number of aliphatic hydroxyl groups excluding tert-OH is 1. The molecular weight excluding hydrogens is 406 g/mol. The Hall–Kier alpha value is -0.980. The highest BCUT2D eigenvalue weighted by Crippen LogP contribution is 2.25. The second-order valence-electron chi connectivity index (χ2n) is 7.21. The first-order valence-corrected chi connectivity index (χ1v) is 12.6. The Morgan fingerprint density at radius 3 is 1.81 bits per heavy atom. The van der Waals surface area contributed by atoms with Crippen LogP contribution in [0.4, 0.5) is 0 Å². The zero-order valence-electron chi connectivity index (χ0n) is 23.7. The Bertz CT molecular complexity index is 342. The maximum Gasteiger partial charge on any atom is 0.311 e. The van der Waals surface area contributed by atoms with E-state index in [9.17, 15) is 4.79 Å². The maximum absolute atomic E-state index is 11.7. The third-order valence-electron chi connectivity index (χ3n) is 4.87. The fourth-order valence-electron chi connectivity index (χ4n) is 3.36. The summed E-state index contributed by atoms with van der Waals surface area (Å²) in [7, 11) is 5.26. The highest BCUT2D eigenvalue weighted by atomic mass is 16.5. The molecule has 0 saturated heterocycles. The average Bonchev–Trinajstić information content (AvgIpc) is 2.85. The summed E-state index contributed by atoms with van der Waals surface area (Å²) in [5, 5.41) is 8.79. The molecule has 0 radical (unpaired) electrons. The molecule has 0 aromatic rings. The fourth-order valence-corrected chi connectivity index (χ4v) is 3.36. The molecule has 0 aliphatic rings. The minimum atomic E-state index is -0.239. The lowest BCUT2D eigenvalue weighted by atomic mass is 9.85. The lowest BCUT2D eigenvalue weighted by Gasteiger charge is -2.29. The molecule has 4 atom stereocenters. The largest absolute Gasteiger partial charge is 0.469 e. The van der Waals surface area contributed by atoms with Crippen LogP contribution >= 0.6 is 0 Å². The van der Waals surface area contributed by atoms with Crippen molar-refractivity contribution in [3.8, 4) is 0 Å². The summed E-state index contributed by atoms with van der Waals surface area (Å²) in [6.45, 7) is 22.8. The molecule has 0 aromatic heterocycles. The van der Waals surface area contributed by atoms with E-state index >= 15 is 0 Å². The minimum Gasteiger partial charge on any atom is -0.469 e. The summed E-state index contributed by atoms with van der Waals surface area (Å²) in [4.78, 5) is 22.1. The molecule has 0 heterocycles. The van der Waals surface area contributed by atoms with Crippen LogP contribution in [0.25, 0.3) is 0 Å². The van der Waals surface area contributed by atoms with Crippen LogP contribution in [0.15, 0.2) is 0 Å². The van der Waals surface area contributed by atoms with Crippen molar-refractivity contribution in [2.75, 3.05) is 41.0 Å². The van der Waals surface area contributed by atoms with Crippen LogP contribution in [0.2, 0.25) is 0 Å². The lowest BCUT2D eigenvalue weighted by Crippen LogP contribution is -2.34. The molecule has 198 valence electrons. The highest BCUT2D eigenvalue weighted by Gasteiger charge is 2.30. The van der Waals surface area contributed by atoms with Gasteiger partial charge in [-0.1, -0.05) is 55.4 Å². The fraction of sp³-hybridized carbons (Fsp3) is 0.923. The van der Waals surface area contributed by atoms with Crippen LogP contribution in [0.5, 0.6) is 0 Å². The number of ether oxygens (including phenoxy) is 2. The van der Waals surface area contributed by atoms with Crippen molar-refractivity contribution in [2.24, 2.45) is 17.8 Å². The topological polar surface area (TPSA) is 76.1 Å². The average molecular weight is 466 g/mol. The molecule has 0 fully saturated rings. The van der Waals surface area contributed by atoms with Crippen molar-refractivity contribution in [1.29, 1.82) is 0 Å². The maximum atomic E-state index is 11.7. The van der Waals surface area contributed by atoms with E-state index in [1.165, 1.54) is 7.11 Å². The predicted octanol–water partition coefficient (Wildman–Crippen LogP) is 5.85. The Morgan fingerprint density at radius 2 is 1.41 bits per heavy atom. The van der Waals surface area contributed by atoms with E-state index in [-0.39, 0.29) is 18.0 Å². The van der Waals surface area contributed by atoms with E-state index in [1.54, 1.807) is 7.11 Å². The SMILES string of the molecule is C=O.CC.CC.CC.COC(=O)C(C)C(OC)C(C)C[C@@H](C)CCN(C)CCCCCO. The van der Waals surface area contributed by atoms with Gasteiger partial charge in [0.25, 0.3) is 0 Å². The van der Waals surface area contributed by atoms with Gasteiger partial charge in [0.15, 0.2) is 0 Å². The predicted molar refractivity (Wildman–Crippen MR) is 139 cm³/mol. The molecule has 6 heteroatoms. The van der Waals surface area contributed by atoms with Crippen LogP contribution in [-0.4, -0.2) is 69.8 Å². The van der Waals surface area contributed by atoms with Crippen LogP contribution in [0.1, 0.15) is 94.4 Å². The standard InChI is InChI=1S/C19H39NO4.3C2H6.CH2O/c1-15(10-12-20(4)11-8-7-9-13-21)14-16(2)18(23-5)17(3)19(22)24-6;4*1-2/h15-18,21H,7-14H2,1-6H3;3*1-2H3;1H2/t15-,16?,17?,18?;;;;/m0..../s1. The van der Waals surface area contributed by atoms with Crippen LogP contribution in [-0.2, 0) is 19.1 Å². The summed E-state index contributed by atoms with van der Waals surface area (Å²) in [6.07, 6.45) is 5.22. The van der Waals surface area contributed by atoms with Gasteiger partial charge in [-0.25, -0.2) is 0 Å². The first kappa shape index (κ1) is 41.3. The quantitative estimate of drug-likeness (QED) is 0.256. The number of unbranched alkanes of at least 4 members (excludes halogenated alkanes) is 2. The van der Waals surface area contributed by atoms with Crippen molar-refractivity contribution in [3.63, 3.8) is 0 Å². The normalized spacial score (nSPS) is 13.2. The summed E-state index contributed by atoms with van der Waals surface area (Å²) in [6, 6.07) is 0. The van der Waals surface area contributed by atoms with Gasteiger partial charge < -0.3 is 24.3 Å². The van der Waals surface area contributed by atoms with Crippen LogP contribution in [0, 0.1) is 17.8 Å². The summed E-state index contributed by atoms with van der Waals surface area (Å²) in [5.41, 5.74) is 0. The number of nitrogens with zero attached hydrogens (tertiary/aromatic N) is 1. The van der Waals surface area contributed by atoms with Gasteiger partial charge >= 0.3 is 5.97 Å². The molecule has 0 aromatic carbocycles. The van der Waals surface area contributed by atoms with Crippen LogP contribution < -0.4 is 0 Å². The van der Waals surface area contributed by atoms with E-state index in [4.69, 9.17) is 19.4 Å². The van der Waals surface area contributed by atoms with Crippen molar-refractivity contribution < 1.29 is 24.2 Å². The first-order chi connectivity index (χ1) is 15.4. The van der Waals surface area contributed by atoms with E-state index in [0.717, 1.165) is 45.2 Å². The summed E-state index contributed by atoms with van der Waals surface area (Å²) >= 11 is 0. The number of hydrogen-bond acceptors (Lipinski definition) is 6. The number of carbonyl (C=O) groups excluding carboxylic acids is 2. The number of esters is 1. The molecule has 0 spiro atoms. The summed E-state index contributed by atoms with van der Waals surface area (Å²) in [5.74, 6) is 0.455. The van der Waals surface area contributed by atoms with Crippen molar-refractivity contribution >= 4 is 12.8 Å². The molecule has 0 aliphatic heterocycles. The molecule has 1 N–H and O–H groups in total. The van der Waals surface area contributed by atoms with Crippen molar-refractivity contribution in [3.05, 3.63) is 0 Å². The van der Waals surface area contributed by atoms with Gasteiger partial charge in [-0.2, -0.15) is 0 Å². The third-order valence-corrected chi connectivity index (χ3v) is 4.87. The molecule has 3 unspecified atom stereocenters. The van der Waals surface area contributed by atoms with E-state index < -0.39 is 0 Å². The number of carbonyl (C=O) groups is 2. The van der Waals surface area contributed by atoms with Gasteiger partial charge in [0.2, 0.25) is 0 Å². The smallest absolute Gasteiger partial charge is 0.311 e. The second kappa shape index (κ2) is 34.6. The molecule has 6 nitrogen and oxygen atoms in total. The first-order valence-electron chi connectivity index (χ1n) is 12.6. The molecule has 0 amide bonds. The molecule has 0 bridgehead atoms. The lowest BCUT2D eigenvalue weighted by molar-refractivity contribution is -0.151.